The molecule has 0 amide bonds. The average molecular weight is 299 g/mol. The van der Waals surface area contributed by atoms with E-state index < -0.39 is 0 Å². The minimum absolute atomic E-state index is 0.00426. The molecule has 0 aromatic heterocycles. The van der Waals surface area contributed by atoms with Crippen LogP contribution < -0.4 is 10.1 Å². The maximum Gasteiger partial charge on any atom is 0.338 e. The van der Waals surface area contributed by atoms with E-state index in [1.165, 1.54) is 0 Å². The highest BCUT2D eigenvalue weighted by atomic mass is 16.5. The molecule has 0 spiro atoms. The van der Waals surface area contributed by atoms with Gasteiger partial charge in [-0.05, 0) is 43.8 Å². The van der Waals surface area contributed by atoms with Gasteiger partial charge in [-0.1, -0.05) is 30.3 Å². The summed E-state index contributed by atoms with van der Waals surface area (Å²) in [4.78, 5) is 12.4. The first kappa shape index (κ1) is 16.0. The monoisotopic (exact) mass is 299 g/mol. The molecule has 0 aliphatic heterocycles. The van der Waals surface area contributed by atoms with Crippen LogP contribution >= 0.6 is 0 Å². The smallest absolute Gasteiger partial charge is 0.338 e. The molecule has 2 rings (SSSR count). The molecule has 2 aromatic carbocycles. The molecule has 0 fully saturated rings. The summed E-state index contributed by atoms with van der Waals surface area (Å²) in [5.41, 5.74) is 1.47. The van der Waals surface area contributed by atoms with Gasteiger partial charge < -0.3 is 14.8 Å². The Morgan fingerprint density at radius 3 is 2.23 bits per heavy atom. The Kier molecular flexibility index (Phi) is 5.55. The van der Waals surface area contributed by atoms with Crippen LogP contribution in [0, 0.1) is 0 Å². The fourth-order valence-electron chi connectivity index (χ4n) is 2.16. The molecule has 0 aliphatic rings. The lowest BCUT2D eigenvalue weighted by Crippen LogP contribution is -2.32. The lowest BCUT2D eigenvalue weighted by Gasteiger charge is -2.24. The van der Waals surface area contributed by atoms with E-state index in [1.807, 2.05) is 44.3 Å². The van der Waals surface area contributed by atoms with Crippen molar-refractivity contribution in [3.8, 4) is 5.75 Å². The van der Waals surface area contributed by atoms with Crippen molar-refractivity contribution in [1.29, 1.82) is 0 Å². The molecule has 0 radical (unpaired) electrons. The molecule has 116 valence electrons. The zero-order valence-corrected chi connectivity index (χ0v) is 13.1. The number of ether oxygens (including phenoxy) is 2. The van der Waals surface area contributed by atoms with Crippen LogP contribution in [-0.4, -0.2) is 26.2 Å². The van der Waals surface area contributed by atoms with Crippen LogP contribution in [0.4, 0.5) is 0 Å². The highest BCUT2D eigenvalue weighted by Crippen LogP contribution is 2.23. The molecule has 1 N–H and O–H groups in total. The van der Waals surface area contributed by atoms with Crippen LogP contribution in [0.15, 0.2) is 54.6 Å². The lowest BCUT2D eigenvalue weighted by molar-refractivity contribution is 0.0219. The minimum Gasteiger partial charge on any atom is -0.497 e. The third kappa shape index (κ3) is 3.86. The average Bonchev–Trinajstić information content (AvgIpc) is 2.59. The molecule has 2 atom stereocenters. The maximum atomic E-state index is 12.4. The summed E-state index contributed by atoms with van der Waals surface area (Å²) >= 11 is 0. The van der Waals surface area contributed by atoms with E-state index in [-0.39, 0.29) is 18.1 Å². The molecule has 4 nitrogen and oxygen atoms in total. The van der Waals surface area contributed by atoms with Gasteiger partial charge in [0.1, 0.15) is 11.9 Å². The summed E-state index contributed by atoms with van der Waals surface area (Å²) in [6.45, 7) is 1.99. The number of benzene rings is 2. The van der Waals surface area contributed by atoms with Crippen molar-refractivity contribution in [1.82, 2.24) is 5.32 Å². The van der Waals surface area contributed by atoms with E-state index in [0.29, 0.717) is 11.3 Å². The van der Waals surface area contributed by atoms with Crippen molar-refractivity contribution in [2.75, 3.05) is 14.2 Å². The van der Waals surface area contributed by atoms with Crippen molar-refractivity contribution in [3.05, 3.63) is 65.7 Å². The van der Waals surface area contributed by atoms with Gasteiger partial charge >= 0.3 is 5.97 Å². The Labute approximate surface area is 131 Å². The highest BCUT2D eigenvalue weighted by molar-refractivity contribution is 5.89. The number of esters is 1. The third-order valence-electron chi connectivity index (χ3n) is 3.60. The zero-order valence-electron chi connectivity index (χ0n) is 13.1. The molecule has 2 aromatic rings. The van der Waals surface area contributed by atoms with Gasteiger partial charge in [0.15, 0.2) is 0 Å². The first-order valence-electron chi connectivity index (χ1n) is 7.23. The van der Waals surface area contributed by atoms with Gasteiger partial charge in [0.25, 0.3) is 0 Å². The normalized spacial score (nSPS) is 13.2. The van der Waals surface area contributed by atoms with Crippen molar-refractivity contribution in [2.45, 2.75) is 19.1 Å². The Bertz CT molecular complexity index is 595. The van der Waals surface area contributed by atoms with E-state index >= 15 is 0 Å². The number of hydrogen-bond donors (Lipinski definition) is 1. The van der Waals surface area contributed by atoms with E-state index in [2.05, 4.69) is 5.32 Å². The topological polar surface area (TPSA) is 47.6 Å². The van der Waals surface area contributed by atoms with Crippen LogP contribution in [0.5, 0.6) is 5.75 Å². The summed E-state index contributed by atoms with van der Waals surface area (Å²) in [6, 6.07) is 16.6. The Balaban J connectivity index is 2.17. The highest BCUT2D eigenvalue weighted by Gasteiger charge is 2.23. The standard InChI is InChI=1S/C18H21NO3/c1-13(19-2)17(14-7-5-4-6-8-14)22-18(20)15-9-11-16(21-3)12-10-15/h4-13,17,19H,1-3H3. The lowest BCUT2D eigenvalue weighted by atomic mass is 10.0. The summed E-state index contributed by atoms with van der Waals surface area (Å²) in [5, 5.41) is 3.14. The second-order valence-electron chi connectivity index (χ2n) is 5.04. The number of methoxy groups -OCH3 is 1. The number of nitrogens with one attached hydrogen (secondary N) is 1. The Morgan fingerprint density at radius 1 is 1.05 bits per heavy atom. The van der Waals surface area contributed by atoms with Gasteiger partial charge in [0.05, 0.1) is 12.7 Å². The first-order valence-corrected chi connectivity index (χ1v) is 7.23. The van der Waals surface area contributed by atoms with E-state index in [4.69, 9.17) is 9.47 Å². The third-order valence-corrected chi connectivity index (χ3v) is 3.60. The van der Waals surface area contributed by atoms with E-state index in [1.54, 1.807) is 31.4 Å². The second kappa shape index (κ2) is 7.61. The molecule has 0 saturated carbocycles. The quantitative estimate of drug-likeness (QED) is 0.832. The molecule has 2 unspecified atom stereocenters. The molecular formula is C18H21NO3. The molecule has 0 saturated heterocycles. The van der Waals surface area contributed by atoms with Crippen LogP contribution in [0.3, 0.4) is 0 Å². The fraction of sp³-hybridized carbons (Fsp3) is 0.278. The van der Waals surface area contributed by atoms with Gasteiger partial charge in [-0.3, -0.25) is 0 Å². The number of rotatable bonds is 6. The van der Waals surface area contributed by atoms with Gasteiger partial charge in [-0.15, -0.1) is 0 Å². The van der Waals surface area contributed by atoms with Crippen molar-refractivity contribution >= 4 is 5.97 Å². The van der Waals surface area contributed by atoms with Crippen molar-refractivity contribution in [2.24, 2.45) is 0 Å². The number of carbonyl (C=O) groups excluding carboxylic acids is 1. The summed E-state index contributed by atoms with van der Waals surface area (Å²) in [6.07, 6.45) is -0.346. The van der Waals surface area contributed by atoms with E-state index in [0.717, 1.165) is 5.56 Å². The van der Waals surface area contributed by atoms with Crippen LogP contribution in [0.25, 0.3) is 0 Å². The molecular weight excluding hydrogens is 278 g/mol. The molecule has 0 bridgehead atoms. The van der Waals surface area contributed by atoms with Crippen molar-refractivity contribution in [3.63, 3.8) is 0 Å². The molecule has 0 heterocycles. The summed E-state index contributed by atoms with van der Waals surface area (Å²) < 4.78 is 10.8. The Morgan fingerprint density at radius 2 is 1.68 bits per heavy atom. The van der Waals surface area contributed by atoms with Gasteiger partial charge in [0, 0.05) is 6.04 Å². The van der Waals surface area contributed by atoms with Crippen LogP contribution in [-0.2, 0) is 4.74 Å². The van der Waals surface area contributed by atoms with Gasteiger partial charge in [-0.2, -0.15) is 0 Å². The maximum absolute atomic E-state index is 12.4. The summed E-state index contributed by atoms with van der Waals surface area (Å²) in [7, 11) is 3.44. The van der Waals surface area contributed by atoms with E-state index in [9.17, 15) is 4.79 Å². The van der Waals surface area contributed by atoms with Gasteiger partial charge in [0.2, 0.25) is 0 Å². The predicted octanol–water partition coefficient (Wildman–Crippen LogP) is 3.20. The largest absolute Gasteiger partial charge is 0.497 e. The van der Waals surface area contributed by atoms with Crippen molar-refractivity contribution < 1.29 is 14.3 Å². The zero-order chi connectivity index (χ0) is 15.9. The molecule has 4 heteroatoms. The van der Waals surface area contributed by atoms with Crippen LogP contribution in [0.2, 0.25) is 0 Å². The Hall–Kier alpha value is -2.33. The predicted molar refractivity (Wildman–Crippen MR) is 86.1 cm³/mol. The number of carbonyl (C=O) groups is 1. The fourth-order valence-corrected chi connectivity index (χ4v) is 2.16. The first-order chi connectivity index (χ1) is 10.7. The summed E-state index contributed by atoms with van der Waals surface area (Å²) in [5.74, 6) is 0.360. The molecule has 22 heavy (non-hydrogen) atoms. The SMILES string of the molecule is CNC(C)C(OC(=O)c1ccc(OC)cc1)c1ccccc1. The molecule has 0 aliphatic carbocycles. The minimum atomic E-state index is -0.349. The number of likely N-dealkylation sites (N-methyl/N-ethyl adjacent to an activating group) is 1. The van der Waals surface area contributed by atoms with Gasteiger partial charge in [-0.25, -0.2) is 4.79 Å². The van der Waals surface area contributed by atoms with Crippen LogP contribution in [0.1, 0.15) is 28.9 Å². The second-order valence-corrected chi connectivity index (χ2v) is 5.04. The number of hydrogen-bond acceptors (Lipinski definition) is 4.